The second-order valence-electron chi connectivity index (χ2n) is 7.83. The van der Waals surface area contributed by atoms with Crippen molar-refractivity contribution in [2.75, 3.05) is 5.32 Å². The van der Waals surface area contributed by atoms with Crippen LogP contribution in [0.2, 0.25) is 0 Å². The maximum atomic E-state index is 12.7. The molecule has 0 aliphatic heterocycles. The van der Waals surface area contributed by atoms with Gasteiger partial charge in [0.2, 0.25) is 5.91 Å². The van der Waals surface area contributed by atoms with Crippen molar-refractivity contribution in [2.24, 2.45) is 0 Å². The van der Waals surface area contributed by atoms with E-state index in [1.54, 1.807) is 11.3 Å². The molecule has 0 bridgehead atoms. The highest BCUT2D eigenvalue weighted by atomic mass is 32.2. The molecule has 158 valence electrons. The number of hydrogen-bond donors (Lipinski definition) is 1. The van der Waals surface area contributed by atoms with E-state index in [1.165, 1.54) is 22.0 Å². The Bertz CT molecular complexity index is 1190. The van der Waals surface area contributed by atoms with Gasteiger partial charge in [0.15, 0.2) is 5.16 Å². The predicted octanol–water partition coefficient (Wildman–Crippen LogP) is 5.24. The van der Waals surface area contributed by atoms with Crippen LogP contribution in [0.15, 0.2) is 53.7 Å². The third kappa shape index (κ3) is 4.50. The minimum absolute atomic E-state index is 0.0353. The summed E-state index contributed by atoms with van der Waals surface area (Å²) >= 11 is 3.19. The van der Waals surface area contributed by atoms with E-state index in [2.05, 4.69) is 26.1 Å². The van der Waals surface area contributed by atoms with Crippen LogP contribution in [0.3, 0.4) is 0 Å². The number of thioether (sulfide) groups is 1. The Morgan fingerprint density at radius 3 is 2.71 bits per heavy atom. The first-order valence-electron chi connectivity index (χ1n) is 10.4. The van der Waals surface area contributed by atoms with E-state index < -0.39 is 0 Å². The highest BCUT2D eigenvalue weighted by Gasteiger charge is 2.29. The van der Waals surface area contributed by atoms with Crippen molar-refractivity contribution in [3.8, 4) is 0 Å². The van der Waals surface area contributed by atoms with Gasteiger partial charge in [0, 0.05) is 18.2 Å². The molecule has 31 heavy (non-hydrogen) atoms. The Labute approximate surface area is 189 Å². The lowest BCUT2D eigenvalue weighted by molar-refractivity contribution is -0.115. The van der Waals surface area contributed by atoms with Crippen LogP contribution in [0.5, 0.6) is 0 Å². The zero-order valence-electron chi connectivity index (χ0n) is 17.4. The molecule has 6 nitrogen and oxygen atoms in total. The molecule has 0 unspecified atom stereocenters. The summed E-state index contributed by atoms with van der Waals surface area (Å²) < 4.78 is 3.37. The van der Waals surface area contributed by atoms with E-state index in [1.807, 2.05) is 56.3 Å². The van der Waals surface area contributed by atoms with Gasteiger partial charge in [-0.05, 0) is 56.5 Å². The molecule has 2 aromatic heterocycles. The highest BCUT2D eigenvalue weighted by Crippen LogP contribution is 2.39. The number of para-hydroxylation sites is 1. The van der Waals surface area contributed by atoms with Gasteiger partial charge in [-0.3, -0.25) is 4.79 Å². The van der Waals surface area contributed by atoms with Crippen LogP contribution in [-0.4, -0.2) is 30.9 Å². The maximum absolute atomic E-state index is 12.7. The molecule has 0 spiro atoms. The molecule has 1 fully saturated rings. The summed E-state index contributed by atoms with van der Waals surface area (Å²) in [5.74, 6) is 0.883. The minimum atomic E-state index is -0.261. The van der Waals surface area contributed by atoms with Crippen molar-refractivity contribution in [3.63, 3.8) is 0 Å². The normalized spacial score (nSPS) is 14.6. The third-order valence-electron chi connectivity index (χ3n) is 5.31. The predicted molar refractivity (Wildman–Crippen MR) is 126 cm³/mol. The fourth-order valence-electron chi connectivity index (χ4n) is 3.52. The van der Waals surface area contributed by atoms with Gasteiger partial charge in [-0.25, -0.2) is 4.98 Å². The quantitative estimate of drug-likeness (QED) is 0.391. The summed E-state index contributed by atoms with van der Waals surface area (Å²) in [6.07, 6.45) is 3.11. The first kappa shape index (κ1) is 20.2. The molecule has 5 rings (SSSR count). The second kappa shape index (κ2) is 8.43. The van der Waals surface area contributed by atoms with Gasteiger partial charge in [-0.1, -0.05) is 36.0 Å². The number of nitrogens with zero attached hydrogens (tertiary/aromatic N) is 4. The molecule has 1 aliphatic carbocycles. The Morgan fingerprint density at radius 1 is 1.19 bits per heavy atom. The van der Waals surface area contributed by atoms with Crippen LogP contribution in [-0.2, 0) is 11.2 Å². The van der Waals surface area contributed by atoms with Crippen LogP contribution >= 0.6 is 23.1 Å². The lowest BCUT2D eigenvalue weighted by Gasteiger charge is -2.13. The summed E-state index contributed by atoms with van der Waals surface area (Å²) in [7, 11) is 0. The first-order chi connectivity index (χ1) is 15.1. The van der Waals surface area contributed by atoms with Crippen LogP contribution in [0.25, 0.3) is 10.2 Å². The topological polar surface area (TPSA) is 72.7 Å². The number of nitrogens with one attached hydrogen (secondary N) is 1. The number of fused-ring (bicyclic) bond motifs is 1. The van der Waals surface area contributed by atoms with Crippen LogP contribution < -0.4 is 5.32 Å². The molecule has 1 N–H and O–H groups in total. The molecule has 4 aromatic rings. The number of aromatic nitrogens is 4. The monoisotopic (exact) mass is 449 g/mol. The zero-order chi connectivity index (χ0) is 21.4. The summed E-state index contributed by atoms with van der Waals surface area (Å²) in [5.41, 5.74) is 3.02. The average Bonchev–Trinajstić information content (AvgIpc) is 3.41. The van der Waals surface area contributed by atoms with Crippen molar-refractivity contribution >= 4 is 44.9 Å². The smallest absolute Gasteiger partial charge is 0.237 e. The Hall–Kier alpha value is -2.71. The van der Waals surface area contributed by atoms with E-state index in [-0.39, 0.29) is 11.2 Å². The van der Waals surface area contributed by atoms with E-state index in [0.717, 1.165) is 46.5 Å². The van der Waals surface area contributed by atoms with Crippen molar-refractivity contribution in [3.05, 3.63) is 64.9 Å². The van der Waals surface area contributed by atoms with Crippen molar-refractivity contribution in [2.45, 2.75) is 49.6 Å². The number of amides is 1. The van der Waals surface area contributed by atoms with Gasteiger partial charge >= 0.3 is 0 Å². The average molecular weight is 450 g/mol. The van der Waals surface area contributed by atoms with Crippen LogP contribution in [0, 0.1) is 6.92 Å². The Balaban J connectivity index is 1.20. The number of carbonyl (C=O) groups is 1. The minimum Gasteiger partial charge on any atom is -0.325 e. The summed E-state index contributed by atoms with van der Waals surface area (Å²) in [6, 6.07) is 16.7. The molecule has 8 heteroatoms. The number of aryl methyl sites for hydroxylation is 1. The third-order valence-corrected chi connectivity index (χ3v) is 7.41. The number of benzene rings is 2. The molecule has 1 saturated carbocycles. The van der Waals surface area contributed by atoms with Gasteiger partial charge in [0.25, 0.3) is 0 Å². The van der Waals surface area contributed by atoms with Crippen LogP contribution in [0.4, 0.5) is 5.69 Å². The van der Waals surface area contributed by atoms with Gasteiger partial charge in [0.1, 0.15) is 5.82 Å². The fraction of sp³-hybridized carbons (Fsp3) is 0.304. The molecular weight excluding hydrogens is 426 g/mol. The van der Waals surface area contributed by atoms with Crippen LogP contribution in [0.1, 0.15) is 42.2 Å². The van der Waals surface area contributed by atoms with Crippen molar-refractivity contribution in [1.82, 2.24) is 19.7 Å². The standard InChI is InChI=1S/C23H23N5OS2/c1-14(30-23-27-26-15(2)28(23)18-11-12-18)22(29)24-17-9-7-16(8-10-17)13-21-25-19-5-3-4-6-20(19)31-21/h3-10,14,18H,11-13H2,1-2H3,(H,24,29)/t14-/m1/s1. The van der Waals surface area contributed by atoms with E-state index in [0.29, 0.717) is 6.04 Å². The Kier molecular flexibility index (Phi) is 5.50. The SMILES string of the molecule is Cc1nnc(S[C@H](C)C(=O)Nc2ccc(Cc3nc4ccccc4s3)cc2)n1C1CC1. The summed E-state index contributed by atoms with van der Waals surface area (Å²) in [5, 5.41) is 13.1. The number of thiazole rings is 1. The molecule has 2 aromatic carbocycles. The second-order valence-corrected chi connectivity index (χ2v) is 10.3. The van der Waals surface area contributed by atoms with Gasteiger partial charge < -0.3 is 9.88 Å². The Morgan fingerprint density at radius 2 is 1.97 bits per heavy atom. The number of rotatable bonds is 7. The zero-order valence-corrected chi connectivity index (χ0v) is 19.0. The number of hydrogen-bond acceptors (Lipinski definition) is 6. The fourth-order valence-corrected chi connectivity index (χ4v) is 5.48. The molecule has 0 radical (unpaired) electrons. The molecule has 1 atom stereocenters. The van der Waals surface area contributed by atoms with E-state index in [9.17, 15) is 4.79 Å². The molecule has 0 saturated heterocycles. The lowest BCUT2D eigenvalue weighted by Crippen LogP contribution is -2.23. The van der Waals surface area contributed by atoms with Gasteiger partial charge in [-0.2, -0.15) is 0 Å². The highest BCUT2D eigenvalue weighted by molar-refractivity contribution is 8.00. The number of carbonyl (C=O) groups excluding carboxylic acids is 1. The summed E-state index contributed by atoms with van der Waals surface area (Å²) in [4.78, 5) is 17.4. The number of anilines is 1. The molecular formula is C23H23N5OS2. The van der Waals surface area contributed by atoms with Gasteiger partial charge in [-0.15, -0.1) is 21.5 Å². The van der Waals surface area contributed by atoms with E-state index >= 15 is 0 Å². The van der Waals surface area contributed by atoms with Crippen molar-refractivity contribution < 1.29 is 4.79 Å². The molecule has 1 amide bonds. The molecule has 2 heterocycles. The van der Waals surface area contributed by atoms with Gasteiger partial charge in [0.05, 0.1) is 20.5 Å². The molecule has 1 aliphatic rings. The van der Waals surface area contributed by atoms with Crippen molar-refractivity contribution in [1.29, 1.82) is 0 Å². The first-order valence-corrected chi connectivity index (χ1v) is 12.1. The summed E-state index contributed by atoms with van der Waals surface area (Å²) in [6.45, 7) is 3.87. The maximum Gasteiger partial charge on any atom is 0.237 e. The van der Waals surface area contributed by atoms with E-state index in [4.69, 9.17) is 4.98 Å². The largest absolute Gasteiger partial charge is 0.325 e. The lowest BCUT2D eigenvalue weighted by atomic mass is 10.1.